The van der Waals surface area contributed by atoms with E-state index in [1.54, 1.807) is 0 Å². The predicted octanol–water partition coefficient (Wildman–Crippen LogP) is -0.0678. The Morgan fingerprint density at radius 3 is 2.33 bits per heavy atom. The Hall–Kier alpha value is 0.137. The van der Waals surface area contributed by atoms with Crippen LogP contribution in [0.2, 0.25) is 0 Å². The highest BCUT2D eigenvalue weighted by Crippen LogP contribution is 1.89. The second-order valence-corrected chi connectivity index (χ2v) is 5.69. The summed E-state index contributed by atoms with van der Waals surface area (Å²) in [4.78, 5) is 0. The largest absolute Gasteiger partial charge is 0.394 e. The van der Waals surface area contributed by atoms with Crippen molar-refractivity contribution in [2.75, 3.05) is 27.7 Å². The molecule has 0 aliphatic rings. The molecule has 0 aromatic heterocycles. The molecule has 2 nitrogen and oxygen atoms in total. The first-order valence-electron chi connectivity index (χ1n) is 3.30. The van der Waals surface area contributed by atoms with Gasteiger partial charge in [-0.3, -0.25) is 0 Å². The molecule has 0 aromatic carbocycles. The van der Waals surface area contributed by atoms with Gasteiger partial charge >= 0.3 is 0 Å². The number of hydrogen-bond donors (Lipinski definition) is 0. The van der Waals surface area contributed by atoms with Gasteiger partial charge in [0.2, 0.25) is 0 Å². The fraction of sp³-hybridized carbons (Fsp3) is 0.833. The second kappa shape index (κ2) is 4.03. The highest BCUT2D eigenvalue weighted by atomic mass is 28.2. The molecule has 0 aliphatic carbocycles. The van der Waals surface area contributed by atoms with E-state index < -0.39 is 0 Å². The highest BCUT2D eigenvalue weighted by molar-refractivity contribution is 6.30. The summed E-state index contributed by atoms with van der Waals surface area (Å²) < 4.78 is 6.20. The van der Waals surface area contributed by atoms with E-state index >= 15 is 0 Å². The molecule has 0 rings (SSSR count). The minimum atomic E-state index is -0.171. The molecule has 0 unspecified atom stereocenters. The molecule has 0 amide bonds. The average molecular weight is 147 g/mol. The van der Waals surface area contributed by atoms with E-state index in [0.29, 0.717) is 0 Å². The quantitative estimate of drug-likeness (QED) is 0.400. The van der Waals surface area contributed by atoms with E-state index in [0.717, 1.165) is 10.8 Å². The molecule has 0 saturated heterocycles. The Bertz CT molecular complexity index is 69.9. The molecule has 0 fully saturated rings. The van der Waals surface area contributed by atoms with E-state index in [9.17, 15) is 0 Å². The fourth-order valence-corrected chi connectivity index (χ4v) is 1.18. The lowest BCUT2D eigenvalue weighted by atomic mass is 10.9. The van der Waals surface area contributed by atoms with Crippen molar-refractivity contribution in [3.05, 3.63) is 6.23 Å². The van der Waals surface area contributed by atoms with Crippen molar-refractivity contribution < 1.29 is 8.89 Å². The first-order chi connectivity index (χ1) is 4.06. The van der Waals surface area contributed by atoms with Gasteiger partial charge in [0.1, 0.15) is 6.23 Å². The standard InChI is InChI=1S/C6H17NOSi/c1-5-8-6-9-7(2,3)4/h6H,5,9H2,1-4H3/q+1. The van der Waals surface area contributed by atoms with Crippen molar-refractivity contribution in [1.29, 1.82) is 0 Å². The summed E-state index contributed by atoms with van der Waals surface area (Å²) in [5, 5.41) is 0. The van der Waals surface area contributed by atoms with Crippen LogP contribution in [0.4, 0.5) is 0 Å². The Morgan fingerprint density at radius 2 is 2.00 bits per heavy atom. The zero-order valence-electron chi connectivity index (χ0n) is 6.85. The first-order valence-corrected chi connectivity index (χ1v) is 4.75. The summed E-state index contributed by atoms with van der Waals surface area (Å²) in [5.41, 5.74) is 0. The van der Waals surface area contributed by atoms with Crippen LogP contribution in [-0.4, -0.2) is 41.6 Å². The third-order valence-electron chi connectivity index (χ3n) is 0.907. The lowest BCUT2D eigenvalue weighted by molar-refractivity contribution is -0.755. The second-order valence-electron chi connectivity index (χ2n) is 3.09. The van der Waals surface area contributed by atoms with Gasteiger partial charge in [-0.1, -0.05) is 0 Å². The van der Waals surface area contributed by atoms with Crippen LogP contribution in [0.3, 0.4) is 0 Å². The third-order valence-corrected chi connectivity index (χ3v) is 2.39. The maximum atomic E-state index is 5.13. The maximum Gasteiger partial charge on any atom is 0.286 e. The van der Waals surface area contributed by atoms with Crippen molar-refractivity contribution in [3.8, 4) is 0 Å². The molecule has 0 N–H and O–H groups in total. The topological polar surface area (TPSA) is 9.23 Å². The van der Waals surface area contributed by atoms with E-state index in [2.05, 4.69) is 21.1 Å². The third kappa shape index (κ3) is 8.14. The van der Waals surface area contributed by atoms with Crippen LogP contribution in [0.15, 0.2) is 0 Å². The van der Waals surface area contributed by atoms with Gasteiger partial charge < -0.3 is 8.89 Å². The van der Waals surface area contributed by atoms with Crippen LogP contribution in [0.25, 0.3) is 0 Å². The molecule has 3 heteroatoms. The van der Waals surface area contributed by atoms with Crippen LogP contribution in [0, 0.1) is 6.23 Å². The Kier molecular flexibility index (Phi) is 4.09. The van der Waals surface area contributed by atoms with Gasteiger partial charge in [0.15, 0.2) is 0 Å². The van der Waals surface area contributed by atoms with Crippen LogP contribution in [0.1, 0.15) is 6.92 Å². The van der Waals surface area contributed by atoms with Crippen LogP contribution in [0.5, 0.6) is 0 Å². The smallest absolute Gasteiger partial charge is 0.286 e. The Labute approximate surface area is 60.3 Å². The molecular weight excluding hydrogens is 130 g/mol. The summed E-state index contributed by atoms with van der Waals surface area (Å²) in [7, 11) is 6.42. The molecule has 9 heavy (non-hydrogen) atoms. The molecule has 0 bridgehead atoms. The number of rotatable bonds is 4. The number of nitrogens with zero attached hydrogens (tertiary/aromatic N) is 1. The van der Waals surface area contributed by atoms with Gasteiger partial charge in [-0.05, 0) is 6.92 Å². The Balaban J connectivity index is 3.07. The monoisotopic (exact) mass is 147 g/mol. The van der Waals surface area contributed by atoms with E-state index in [4.69, 9.17) is 4.74 Å². The van der Waals surface area contributed by atoms with Crippen LogP contribution >= 0.6 is 0 Å². The summed E-state index contributed by atoms with van der Waals surface area (Å²) in [6.45, 7) is 2.83. The molecule has 0 saturated carbocycles. The van der Waals surface area contributed by atoms with E-state index in [1.165, 1.54) is 0 Å². The molecule has 55 valence electrons. The van der Waals surface area contributed by atoms with Gasteiger partial charge in [0.05, 0.1) is 21.1 Å². The van der Waals surface area contributed by atoms with Gasteiger partial charge in [-0.25, -0.2) is 0 Å². The highest BCUT2D eigenvalue weighted by Gasteiger charge is 2.06. The minimum Gasteiger partial charge on any atom is -0.394 e. The average Bonchev–Trinajstić information content (AvgIpc) is 1.63. The number of ether oxygens (including phenoxy) is 1. The van der Waals surface area contributed by atoms with Gasteiger partial charge in [-0.15, -0.1) is 0 Å². The van der Waals surface area contributed by atoms with Gasteiger partial charge in [0.25, 0.3) is 9.68 Å². The Morgan fingerprint density at radius 1 is 1.44 bits per heavy atom. The van der Waals surface area contributed by atoms with Crippen LogP contribution in [-0.2, 0) is 4.74 Å². The first kappa shape index (κ1) is 9.14. The van der Waals surface area contributed by atoms with Crippen molar-refractivity contribution in [2.24, 2.45) is 0 Å². The molecule has 0 spiro atoms. The summed E-state index contributed by atoms with van der Waals surface area (Å²) in [6.07, 6.45) is 2.00. The van der Waals surface area contributed by atoms with E-state index in [-0.39, 0.29) is 9.68 Å². The lowest BCUT2D eigenvalue weighted by Gasteiger charge is -2.23. The lowest BCUT2D eigenvalue weighted by Crippen LogP contribution is -2.39. The van der Waals surface area contributed by atoms with E-state index in [1.807, 2.05) is 13.2 Å². The summed E-state index contributed by atoms with van der Waals surface area (Å²) in [6, 6.07) is 0. The number of hydrogen-bond acceptors (Lipinski definition) is 1. The zero-order valence-corrected chi connectivity index (χ0v) is 8.26. The summed E-state index contributed by atoms with van der Waals surface area (Å²) >= 11 is 0. The van der Waals surface area contributed by atoms with Crippen molar-refractivity contribution in [1.82, 2.24) is 0 Å². The molecule has 1 radical (unpaired) electrons. The van der Waals surface area contributed by atoms with Crippen molar-refractivity contribution >= 4 is 9.68 Å². The maximum absolute atomic E-state index is 5.13. The molecule has 0 heterocycles. The van der Waals surface area contributed by atoms with Crippen molar-refractivity contribution in [3.63, 3.8) is 0 Å². The SMILES string of the molecule is CCO[CH][SiH2][N+](C)(C)C. The van der Waals surface area contributed by atoms with Gasteiger partial charge in [-0.2, -0.15) is 0 Å². The fourth-order valence-electron chi connectivity index (χ4n) is 0.394. The molecule has 0 atom stereocenters. The van der Waals surface area contributed by atoms with Crippen molar-refractivity contribution in [2.45, 2.75) is 6.92 Å². The predicted molar refractivity (Wildman–Crippen MR) is 42.5 cm³/mol. The molecule has 0 aromatic rings. The van der Waals surface area contributed by atoms with Gasteiger partial charge in [0, 0.05) is 6.61 Å². The molecule has 0 aliphatic heterocycles. The summed E-state index contributed by atoms with van der Waals surface area (Å²) in [5.74, 6) is 0. The van der Waals surface area contributed by atoms with Crippen LogP contribution < -0.4 is 0 Å². The number of quaternary nitrogens is 1. The normalized spacial score (nSPS) is 13.3. The zero-order chi connectivity index (χ0) is 7.33. The minimum absolute atomic E-state index is 0.171. The molecular formula is C6H17NOSi+.